The van der Waals surface area contributed by atoms with Crippen molar-refractivity contribution in [3.05, 3.63) is 97.1 Å². The van der Waals surface area contributed by atoms with Gasteiger partial charge in [0, 0.05) is 47.1 Å². The first-order valence-corrected chi connectivity index (χ1v) is 12.6. The summed E-state index contributed by atoms with van der Waals surface area (Å²) in [6.07, 6.45) is 0. The van der Waals surface area contributed by atoms with Crippen molar-refractivity contribution in [3.63, 3.8) is 0 Å². The molecule has 0 radical (unpaired) electrons. The molecular formula is C31H16N2OS. The smallest absolute Gasteiger partial charge is 0.146 e. The van der Waals surface area contributed by atoms with E-state index >= 15 is 0 Å². The molecule has 5 aromatic carbocycles. The van der Waals surface area contributed by atoms with Crippen molar-refractivity contribution >= 4 is 91.8 Å². The van der Waals surface area contributed by atoms with E-state index in [1.54, 1.807) is 0 Å². The van der Waals surface area contributed by atoms with Gasteiger partial charge in [-0.1, -0.05) is 54.6 Å². The molecule has 0 N–H and O–H groups in total. The lowest BCUT2D eigenvalue weighted by Crippen LogP contribution is -1.92. The van der Waals surface area contributed by atoms with Crippen LogP contribution in [0.25, 0.3) is 80.5 Å². The van der Waals surface area contributed by atoms with Crippen molar-refractivity contribution in [2.75, 3.05) is 0 Å². The first-order chi connectivity index (χ1) is 17.4. The summed E-state index contributed by atoms with van der Waals surface area (Å²) >= 11 is 1.86. The SMILES string of the molecule is c1ccc2c(c1)nc1c3ccc4c5ccccc5oc4c3c3c4sc5ccccc5c4ccc3n21. The minimum Gasteiger partial charge on any atom is -0.455 e. The Hall–Kier alpha value is -4.41. The number of fused-ring (bicyclic) bond motifs is 16. The van der Waals surface area contributed by atoms with Gasteiger partial charge in [0.25, 0.3) is 0 Å². The number of para-hydroxylation sites is 3. The molecule has 0 saturated heterocycles. The van der Waals surface area contributed by atoms with Crippen LogP contribution in [0.5, 0.6) is 0 Å². The summed E-state index contributed by atoms with van der Waals surface area (Å²) < 4.78 is 11.5. The lowest BCUT2D eigenvalue weighted by atomic mass is 10.0. The second-order valence-electron chi connectivity index (χ2n) is 9.16. The average molecular weight is 465 g/mol. The molecular weight excluding hydrogens is 448 g/mol. The summed E-state index contributed by atoms with van der Waals surface area (Å²) in [5, 5.41) is 8.38. The highest BCUT2D eigenvalue weighted by Gasteiger charge is 2.21. The number of nitrogens with zero attached hydrogens (tertiary/aromatic N) is 2. The third kappa shape index (κ3) is 2.14. The van der Waals surface area contributed by atoms with Gasteiger partial charge in [0.2, 0.25) is 0 Å². The Labute approximate surface area is 202 Å². The van der Waals surface area contributed by atoms with Gasteiger partial charge in [0.05, 0.1) is 16.6 Å². The van der Waals surface area contributed by atoms with E-state index < -0.39 is 0 Å². The van der Waals surface area contributed by atoms with Crippen LogP contribution >= 0.6 is 11.3 Å². The first-order valence-electron chi connectivity index (χ1n) is 11.7. The molecule has 0 bridgehead atoms. The maximum atomic E-state index is 6.59. The quantitative estimate of drug-likeness (QED) is 0.210. The predicted octanol–water partition coefficient (Wildman–Crippen LogP) is 9.06. The second-order valence-corrected chi connectivity index (χ2v) is 10.2. The number of benzene rings is 5. The number of hydrogen-bond acceptors (Lipinski definition) is 3. The highest BCUT2D eigenvalue weighted by atomic mass is 32.1. The third-order valence-electron chi connectivity index (χ3n) is 7.36. The summed E-state index contributed by atoms with van der Waals surface area (Å²) in [5.41, 5.74) is 6.11. The van der Waals surface area contributed by atoms with Crippen molar-refractivity contribution in [3.8, 4) is 0 Å². The zero-order chi connectivity index (χ0) is 22.7. The standard InChI is InChI=1S/C31H16N2OS/c1-5-11-25-17(7-1)19-13-14-21-27(29(19)34-25)28-24(33-23-10-4-3-9-22(23)32-31(21)33)16-15-20-18-8-2-6-12-26(18)35-30(20)28/h1-16H. The van der Waals surface area contributed by atoms with Crippen molar-refractivity contribution < 1.29 is 4.42 Å². The van der Waals surface area contributed by atoms with Crippen molar-refractivity contribution in [1.29, 1.82) is 0 Å². The number of aromatic nitrogens is 2. The van der Waals surface area contributed by atoms with Gasteiger partial charge in [-0.2, -0.15) is 0 Å². The van der Waals surface area contributed by atoms with Gasteiger partial charge in [-0.15, -0.1) is 11.3 Å². The van der Waals surface area contributed by atoms with E-state index in [-0.39, 0.29) is 0 Å². The summed E-state index contributed by atoms with van der Waals surface area (Å²) in [7, 11) is 0. The zero-order valence-electron chi connectivity index (χ0n) is 18.4. The lowest BCUT2D eigenvalue weighted by molar-refractivity contribution is 0.673. The van der Waals surface area contributed by atoms with Crippen LogP contribution in [0.2, 0.25) is 0 Å². The normalized spacial score (nSPS) is 12.6. The van der Waals surface area contributed by atoms with Crippen molar-refractivity contribution in [2.45, 2.75) is 0 Å². The molecule has 9 aromatic rings. The van der Waals surface area contributed by atoms with Gasteiger partial charge in [0.1, 0.15) is 16.8 Å². The molecule has 0 aliphatic heterocycles. The molecule has 3 nitrogen and oxygen atoms in total. The first kappa shape index (κ1) is 18.0. The van der Waals surface area contributed by atoms with Gasteiger partial charge in [0.15, 0.2) is 0 Å². The van der Waals surface area contributed by atoms with Crippen LogP contribution in [0.3, 0.4) is 0 Å². The number of furan rings is 1. The Morgan fingerprint density at radius 3 is 2.34 bits per heavy atom. The number of imidazole rings is 1. The van der Waals surface area contributed by atoms with Crippen LogP contribution in [0, 0.1) is 0 Å². The molecule has 35 heavy (non-hydrogen) atoms. The van der Waals surface area contributed by atoms with Crippen LogP contribution in [-0.2, 0) is 0 Å². The van der Waals surface area contributed by atoms with Gasteiger partial charge >= 0.3 is 0 Å². The van der Waals surface area contributed by atoms with E-state index in [0.29, 0.717) is 0 Å². The summed E-state index contributed by atoms with van der Waals surface area (Å²) in [4.78, 5) is 5.10. The Bertz CT molecular complexity index is 2330. The molecule has 162 valence electrons. The van der Waals surface area contributed by atoms with Gasteiger partial charge in [-0.05, 0) is 42.5 Å². The molecule has 0 saturated carbocycles. The fourth-order valence-corrected chi connectivity index (χ4v) is 7.13. The Morgan fingerprint density at radius 1 is 0.600 bits per heavy atom. The van der Waals surface area contributed by atoms with Crippen LogP contribution in [0.1, 0.15) is 0 Å². The fraction of sp³-hybridized carbons (Fsp3) is 0. The largest absolute Gasteiger partial charge is 0.455 e. The number of pyridine rings is 1. The maximum Gasteiger partial charge on any atom is 0.146 e. The summed E-state index contributed by atoms with van der Waals surface area (Å²) in [6, 6.07) is 34.4. The third-order valence-corrected chi connectivity index (χ3v) is 8.57. The Morgan fingerprint density at radius 2 is 1.37 bits per heavy atom. The minimum atomic E-state index is 0.917. The summed E-state index contributed by atoms with van der Waals surface area (Å²) in [5.74, 6) is 0. The molecule has 4 aromatic heterocycles. The molecule has 0 aliphatic rings. The number of thiophene rings is 1. The molecule has 4 heteroatoms. The predicted molar refractivity (Wildman–Crippen MR) is 148 cm³/mol. The highest BCUT2D eigenvalue weighted by molar-refractivity contribution is 7.26. The van der Waals surface area contributed by atoms with Crippen molar-refractivity contribution in [1.82, 2.24) is 9.38 Å². The minimum absolute atomic E-state index is 0.917. The molecule has 9 rings (SSSR count). The monoisotopic (exact) mass is 464 g/mol. The van der Waals surface area contributed by atoms with Crippen LogP contribution in [0.15, 0.2) is 101 Å². The summed E-state index contributed by atoms with van der Waals surface area (Å²) in [6.45, 7) is 0. The van der Waals surface area contributed by atoms with Crippen LogP contribution < -0.4 is 0 Å². The molecule has 0 unspecified atom stereocenters. The second kappa shape index (κ2) is 6.17. The molecule has 4 heterocycles. The molecule has 0 fully saturated rings. The van der Waals surface area contributed by atoms with E-state index in [1.807, 2.05) is 17.4 Å². The van der Waals surface area contributed by atoms with E-state index in [9.17, 15) is 0 Å². The van der Waals surface area contributed by atoms with Crippen LogP contribution in [-0.4, -0.2) is 9.38 Å². The van der Waals surface area contributed by atoms with Crippen LogP contribution in [0.4, 0.5) is 0 Å². The van der Waals surface area contributed by atoms with E-state index in [4.69, 9.17) is 9.40 Å². The number of rotatable bonds is 0. The topological polar surface area (TPSA) is 30.4 Å². The van der Waals surface area contributed by atoms with E-state index in [2.05, 4.69) is 95.4 Å². The lowest BCUT2D eigenvalue weighted by Gasteiger charge is -2.10. The molecule has 0 aliphatic carbocycles. The zero-order valence-corrected chi connectivity index (χ0v) is 19.3. The maximum absolute atomic E-state index is 6.59. The van der Waals surface area contributed by atoms with Gasteiger partial charge < -0.3 is 4.42 Å². The molecule has 0 amide bonds. The van der Waals surface area contributed by atoms with Gasteiger partial charge in [-0.3, -0.25) is 4.40 Å². The van der Waals surface area contributed by atoms with Gasteiger partial charge in [-0.25, -0.2) is 4.98 Å². The number of hydrogen-bond donors (Lipinski definition) is 0. The molecule has 0 atom stereocenters. The Kier molecular flexibility index (Phi) is 3.17. The van der Waals surface area contributed by atoms with E-state index in [0.717, 1.165) is 54.9 Å². The average Bonchev–Trinajstić information content (AvgIpc) is 3.59. The van der Waals surface area contributed by atoms with Crippen molar-refractivity contribution in [2.24, 2.45) is 0 Å². The fourth-order valence-electron chi connectivity index (χ4n) is 5.88. The molecule has 0 spiro atoms. The van der Waals surface area contributed by atoms with E-state index in [1.165, 1.54) is 25.6 Å². The highest BCUT2D eigenvalue weighted by Crippen LogP contribution is 2.45. The Balaban J connectivity index is 1.68.